The number of benzene rings is 2. The van der Waals surface area contributed by atoms with Crippen LogP contribution in [0, 0.1) is 0 Å². The first kappa shape index (κ1) is 14.0. The Morgan fingerprint density at radius 3 is 2.64 bits per heavy atom. The second kappa shape index (κ2) is 5.81. The zero-order chi connectivity index (χ0) is 15.5. The predicted octanol–water partition coefficient (Wildman–Crippen LogP) is 3.45. The lowest BCUT2D eigenvalue weighted by Gasteiger charge is -2.11. The van der Waals surface area contributed by atoms with Crippen LogP contribution in [0.2, 0.25) is 0 Å². The number of aromatic carboxylic acids is 1. The highest BCUT2D eigenvalue weighted by Crippen LogP contribution is 2.35. The zero-order valence-corrected chi connectivity index (χ0v) is 12.0. The molecular formula is C17H15NO4. The van der Waals surface area contributed by atoms with Crippen LogP contribution in [-0.2, 0) is 6.61 Å². The van der Waals surface area contributed by atoms with Crippen LogP contribution in [0.5, 0.6) is 11.5 Å². The van der Waals surface area contributed by atoms with E-state index in [-0.39, 0.29) is 5.69 Å². The molecule has 2 N–H and O–H groups in total. The Bertz CT molecular complexity index is 808. The van der Waals surface area contributed by atoms with Crippen molar-refractivity contribution >= 4 is 16.9 Å². The largest absolute Gasteiger partial charge is 0.491 e. The van der Waals surface area contributed by atoms with Crippen LogP contribution in [0.25, 0.3) is 10.9 Å². The summed E-state index contributed by atoms with van der Waals surface area (Å²) in [7, 11) is 1.53. The Balaban J connectivity index is 1.94. The summed E-state index contributed by atoms with van der Waals surface area (Å²) in [5.74, 6) is 0.0589. The topological polar surface area (TPSA) is 71.6 Å². The average Bonchev–Trinajstić information content (AvgIpc) is 2.97. The first-order chi connectivity index (χ1) is 10.7. The normalized spacial score (nSPS) is 10.6. The van der Waals surface area contributed by atoms with Crippen LogP contribution in [0.15, 0.2) is 48.5 Å². The van der Waals surface area contributed by atoms with Gasteiger partial charge >= 0.3 is 5.97 Å². The van der Waals surface area contributed by atoms with E-state index >= 15 is 0 Å². The zero-order valence-electron chi connectivity index (χ0n) is 12.0. The van der Waals surface area contributed by atoms with Gasteiger partial charge in [0.25, 0.3) is 0 Å². The van der Waals surface area contributed by atoms with E-state index in [1.807, 2.05) is 30.3 Å². The van der Waals surface area contributed by atoms with Crippen molar-refractivity contribution in [2.45, 2.75) is 6.61 Å². The van der Waals surface area contributed by atoms with Gasteiger partial charge in [0.15, 0.2) is 11.5 Å². The van der Waals surface area contributed by atoms with Gasteiger partial charge in [-0.25, -0.2) is 4.79 Å². The maximum Gasteiger partial charge on any atom is 0.352 e. The summed E-state index contributed by atoms with van der Waals surface area (Å²) < 4.78 is 11.2. The molecule has 0 spiro atoms. The number of aromatic nitrogens is 1. The van der Waals surface area contributed by atoms with Crippen molar-refractivity contribution in [3.05, 3.63) is 59.8 Å². The molecule has 0 aliphatic carbocycles. The molecule has 0 aliphatic rings. The fourth-order valence-corrected chi connectivity index (χ4v) is 2.32. The molecular weight excluding hydrogens is 282 g/mol. The monoisotopic (exact) mass is 297 g/mol. The van der Waals surface area contributed by atoms with Crippen LogP contribution < -0.4 is 9.47 Å². The molecule has 0 unspecified atom stereocenters. The molecule has 5 heteroatoms. The molecule has 112 valence electrons. The minimum atomic E-state index is -1.01. The Labute approximate surface area is 127 Å². The fraction of sp³-hybridized carbons (Fsp3) is 0.118. The third-order valence-electron chi connectivity index (χ3n) is 3.38. The lowest BCUT2D eigenvalue weighted by atomic mass is 10.2. The number of hydrogen-bond acceptors (Lipinski definition) is 3. The van der Waals surface area contributed by atoms with E-state index < -0.39 is 5.97 Å². The summed E-state index contributed by atoms with van der Waals surface area (Å²) in [5, 5.41) is 9.83. The van der Waals surface area contributed by atoms with Crippen molar-refractivity contribution < 1.29 is 19.4 Å². The minimum absolute atomic E-state index is 0.119. The van der Waals surface area contributed by atoms with Gasteiger partial charge in [0.05, 0.1) is 12.6 Å². The highest BCUT2D eigenvalue weighted by Gasteiger charge is 2.15. The third kappa shape index (κ3) is 2.61. The number of ether oxygens (including phenoxy) is 2. The van der Waals surface area contributed by atoms with Gasteiger partial charge in [0, 0.05) is 5.39 Å². The van der Waals surface area contributed by atoms with E-state index in [1.54, 1.807) is 18.2 Å². The fourth-order valence-electron chi connectivity index (χ4n) is 2.32. The molecule has 0 saturated carbocycles. The van der Waals surface area contributed by atoms with Crippen molar-refractivity contribution in [1.29, 1.82) is 0 Å². The van der Waals surface area contributed by atoms with E-state index in [0.717, 1.165) is 10.9 Å². The van der Waals surface area contributed by atoms with Crippen molar-refractivity contribution in [2.24, 2.45) is 0 Å². The van der Waals surface area contributed by atoms with Gasteiger partial charge in [-0.05, 0) is 23.8 Å². The Kier molecular flexibility index (Phi) is 3.70. The van der Waals surface area contributed by atoms with Crippen LogP contribution in [-0.4, -0.2) is 23.2 Å². The number of carboxylic acids is 1. The Morgan fingerprint density at radius 2 is 1.95 bits per heavy atom. The maximum atomic E-state index is 11.1. The number of H-pyrrole nitrogens is 1. The molecule has 3 aromatic rings. The molecule has 0 atom stereocenters. The molecule has 1 heterocycles. The second-order valence-corrected chi connectivity index (χ2v) is 4.82. The molecule has 0 saturated heterocycles. The van der Waals surface area contributed by atoms with Gasteiger partial charge in [0.2, 0.25) is 0 Å². The molecule has 0 radical (unpaired) electrons. The van der Waals surface area contributed by atoms with Gasteiger partial charge in [-0.1, -0.05) is 30.3 Å². The Morgan fingerprint density at radius 1 is 1.18 bits per heavy atom. The van der Waals surface area contributed by atoms with Crippen molar-refractivity contribution in [3.8, 4) is 11.5 Å². The van der Waals surface area contributed by atoms with Crippen molar-refractivity contribution in [1.82, 2.24) is 4.98 Å². The van der Waals surface area contributed by atoms with Gasteiger partial charge in [-0.15, -0.1) is 0 Å². The van der Waals surface area contributed by atoms with E-state index in [9.17, 15) is 4.79 Å². The summed E-state index contributed by atoms with van der Waals surface area (Å²) in [5.41, 5.74) is 1.78. The molecule has 0 bridgehead atoms. The highest BCUT2D eigenvalue weighted by molar-refractivity contribution is 5.96. The van der Waals surface area contributed by atoms with Crippen LogP contribution >= 0.6 is 0 Å². The number of aromatic amines is 1. The maximum absolute atomic E-state index is 11.1. The number of rotatable bonds is 5. The number of hydrogen-bond donors (Lipinski definition) is 2. The van der Waals surface area contributed by atoms with E-state index in [2.05, 4.69) is 4.98 Å². The number of methoxy groups -OCH3 is 1. The molecule has 1 aromatic heterocycles. The van der Waals surface area contributed by atoms with Crippen LogP contribution in [0.3, 0.4) is 0 Å². The van der Waals surface area contributed by atoms with E-state index in [4.69, 9.17) is 14.6 Å². The number of nitrogens with one attached hydrogen (secondary N) is 1. The summed E-state index contributed by atoms with van der Waals surface area (Å²) >= 11 is 0. The summed E-state index contributed by atoms with van der Waals surface area (Å²) in [6, 6.07) is 14.9. The molecule has 5 nitrogen and oxygen atoms in total. The molecule has 0 aliphatic heterocycles. The molecule has 0 fully saturated rings. The Hall–Kier alpha value is -2.95. The summed E-state index contributed by atoms with van der Waals surface area (Å²) in [6.45, 7) is 0.412. The number of carboxylic acid groups (broad SMARTS) is 1. The van der Waals surface area contributed by atoms with E-state index in [1.165, 1.54) is 7.11 Å². The lowest BCUT2D eigenvalue weighted by Crippen LogP contribution is -1.98. The average molecular weight is 297 g/mol. The number of carbonyl (C=O) groups is 1. The standard InChI is InChI=1S/C17H15NO4/c1-21-16-14(22-10-11-5-3-2-4-6-11)8-7-12-9-13(17(19)20)18-15(12)16/h2-9,18H,10H2,1H3,(H,19,20). The second-order valence-electron chi connectivity index (χ2n) is 4.82. The quantitative estimate of drug-likeness (QED) is 0.756. The number of fused-ring (bicyclic) bond motifs is 1. The van der Waals surface area contributed by atoms with Crippen molar-refractivity contribution in [2.75, 3.05) is 7.11 Å². The van der Waals surface area contributed by atoms with Crippen LogP contribution in [0.4, 0.5) is 0 Å². The molecule has 22 heavy (non-hydrogen) atoms. The molecule has 0 amide bonds. The van der Waals surface area contributed by atoms with Gasteiger partial charge in [-0.3, -0.25) is 0 Å². The van der Waals surface area contributed by atoms with Gasteiger partial charge in [0.1, 0.15) is 12.3 Å². The minimum Gasteiger partial charge on any atom is -0.491 e. The first-order valence-corrected chi connectivity index (χ1v) is 6.79. The van der Waals surface area contributed by atoms with Gasteiger partial charge in [-0.2, -0.15) is 0 Å². The smallest absolute Gasteiger partial charge is 0.352 e. The van der Waals surface area contributed by atoms with Gasteiger partial charge < -0.3 is 19.6 Å². The molecule has 2 aromatic carbocycles. The summed E-state index contributed by atoms with van der Waals surface area (Å²) in [6.07, 6.45) is 0. The van der Waals surface area contributed by atoms with Crippen molar-refractivity contribution in [3.63, 3.8) is 0 Å². The highest BCUT2D eigenvalue weighted by atomic mass is 16.5. The lowest BCUT2D eigenvalue weighted by molar-refractivity contribution is 0.0691. The summed E-state index contributed by atoms with van der Waals surface area (Å²) in [4.78, 5) is 13.9. The molecule has 3 rings (SSSR count). The SMILES string of the molecule is COc1c(OCc2ccccc2)ccc2cc(C(=O)O)[nH]c12. The first-order valence-electron chi connectivity index (χ1n) is 6.79. The van der Waals surface area contributed by atoms with Crippen LogP contribution in [0.1, 0.15) is 16.1 Å². The predicted molar refractivity (Wildman–Crippen MR) is 82.6 cm³/mol. The third-order valence-corrected chi connectivity index (χ3v) is 3.38. The van der Waals surface area contributed by atoms with E-state index in [0.29, 0.717) is 23.6 Å².